The van der Waals surface area contributed by atoms with Crippen molar-refractivity contribution in [2.75, 3.05) is 6.54 Å². The summed E-state index contributed by atoms with van der Waals surface area (Å²) in [7, 11) is 0. The lowest BCUT2D eigenvalue weighted by atomic mass is 10.0. The molecule has 1 amide bonds. The third-order valence-electron chi connectivity index (χ3n) is 3.61. The summed E-state index contributed by atoms with van der Waals surface area (Å²) in [6.07, 6.45) is -4.94. The summed E-state index contributed by atoms with van der Waals surface area (Å²) in [5.74, 6) is -0.139. The fraction of sp³-hybridized carbons (Fsp3) is 0.556. The average molecular weight is 356 g/mol. The lowest BCUT2D eigenvalue weighted by Crippen LogP contribution is -2.42. The summed E-state index contributed by atoms with van der Waals surface area (Å²) < 4.78 is 45.5. The summed E-state index contributed by atoms with van der Waals surface area (Å²) in [6, 6.07) is 3.69. The van der Waals surface area contributed by atoms with E-state index in [1.165, 1.54) is 12.1 Å². The number of hydrogen-bond donors (Lipinski definition) is 1. The first-order valence-corrected chi connectivity index (χ1v) is 8.30. The van der Waals surface area contributed by atoms with Gasteiger partial charge in [0.1, 0.15) is 5.75 Å². The summed E-state index contributed by atoms with van der Waals surface area (Å²) in [6.45, 7) is 7.81. The van der Waals surface area contributed by atoms with Gasteiger partial charge in [0.05, 0.1) is 17.8 Å². The Labute approximate surface area is 145 Å². The maximum atomic E-state index is 13.3. The average Bonchev–Trinajstić information content (AvgIpc) is 3.29. The van der Waals surface area contributed by atoms with E-state index in [-0.39, 0.29) is 29.2 Å². The van der Waals surface area contributed by atoms with E-state index >= 15 is 0 Å². The van der Waals surface area contributed by atoms with Gasteiger partial charge in [0, 0.05) is 11.6 Å². The Morgan fingerprint density at radius 2 is 1.92 bits per heavy atom. The molecule has 0 bridgehead atoms. The number of amides is 1. The van der Waals surface area contributed by atoms with Gasteiger partial charge in [0.15, 0.2) is 6.10 Å². The minimum Gasteiger partial charge on any atom is -0.481 e. The van der Waals surface area contributed by atoms with Gasteiger partial charge in [-0.1, -0.05) is 13.8 Å². The van der Waals surface area contributed by atoms with E-state index in [4.69, 9.17) is 4.74 Å². The molecule has 0 aliphatic carbocycles. The molecule has 2 rings (SSSR count). The summed E-state index contributed by atoms with van der Waals surface area (Å²) in [5.41, 5.74) is -0.268. The Kier molecular flexibility index (Phi) is 5.75. The molecule has 1 aromatic carbocycles. The minimum atomic E-state index is -4.51. The van der Waals surface area contributed by atoms with Crippen molar-refractivity contribution in [3.05, 3.63) is 29.3 Å². The van der Waals surface area contributed by atoms with Gasteiger partial charge >= 0.3 is 6.18 Å². The maximum Gasteiger partial charge on any atom is 0.417 e. The van der Waals surface area contributed by atoms with E-state index in [1.807, 2.05) is 27.7 Å². The fourth-order valence-electron chi connectivity index (χ4n) is 2.47. The van der Waals surface area contributed by atoms with E-state index < -0.39 is 17.8 Å². The van der Waals surface area contributed by atoms with E-state index in [1.54, 1.807) is 0 Å². The summed E-state index contributed by atoms with van der Waals surface area (Å²) in [5, 5.41) is 2.75. The Morgan fingerprint density at radius 3 is 2.40 bits per heavy atom. The molecule has 1 atom stereocenters. The smallest absolute Gasteiger partial charge is 0.417 e. The summed E-state index contributed by atoms with van der Waals surface area (Å²) >= 11 is 0. The van der Waals surface area contributed by atoms with Gasteiger partial charge in [-0.25, -0.2) is 0 Å². The van der Waals surface area contributed by atoms with E-state index in [9.17, 15) is 18.0 Å². The normalized spacial score (nSPS) is 15.2. The highest BCUT2D eigenvalue weighted by Gasteiger charge is 2.36. The quantitative estimate of drug-likeness (QED) is 0.807. The monoisotopic (exact) mass is 356 g/mol. The topological polar surface area (TPSA) is 50.7 Å². The zero-order valence-electron chi connectivity index (χ0n) is 14.8. The molecule has 0 radical (unpaired) electrons. The lowest BCUT2D eigenvalue weighted by Gasteiger charge is -2.22. The number of rotatable bonds is 7. The molecule has 0 aromatic heterocycles. The number of nitrogens with zero attached hydrogens (tertiary/aromatic N) is 1. The van der Waals surface area contributed by atoms with Crippen LogP contribution in [0, 0.1) is 5.92 Å². The Hall–Kier alpha value is -2.05. The van der Waals surface area contributed by atoms with Crippen LogP contribution in [0.3, 0.4) is 0 Å². The van der Waals surface area contributed by atoms with Gasteiger partial charge in [-0.2, -0.15) is 13.2 Å². The molecular weight excluding hydrogens is 333 g/mol. The number of carbonyl (C=O) groups excluding carboxylic acids is 1. The number of aliphatic imine (C=N–C) groups is 1. The van der Waals surface area contributed by atoms with Crippen LogP contribution in [0.25, 0.3) is 0 Å². The second-order valence-electron chi connectivity index (χ2n) is 6.87. The highest BCUT2D eigenvalue weighted by molar-refractivity contribution is 6.11. The van der Waals surface area contributed by atoms with Gasteiger partial charge < -0.3 is 10.1 Å². The highest BCUT2D eigenvalue weighted by Crippen LogP contribution is 2.36. The van der Waals surface area contributed by atoms with Crippen molar-refractivity contribution in [2.45, 2.75) is 52.4 Å². The number of benzene rings is 1. The van der Waals surface area contributed by atoms with Crippen LogP contribution in [0.1, 0.15) is 45.2 Å². The van der Waals surface area contributed by atoms with Crippen molar-refractivity contribution in [1.82, 2.24) is 5.32 Å². The first-order valence-electron chi connectivity index (χ1n) is 8.30. The molecule has 1 N–H and O–H groups in total. The standard InChI is InChI=1S/C18H23F3N2O2/c1-10(2)7-16(17(24)23-11(3)4)25-12-5-6-13(15-9-22-15)14(8-12)18(19,20)21/h5-6,8,10-11,16H,7,9H2,1-4H3,(H,23,24). The molecule has 0 spiro atoms. The Balaban J connectivity index is 2.26. The molecule has 1 heterocycles. The molecule has 1 aliphatic rings. The second-order valence-corrected chi connectivity index (χ2v) is 6.87. The Bertz CT molecular complexity index is 667. The molecule has 7 heteroatoms. The molecule has 25 heavy (non-hydrogen) atoms. The number of halogens is 3. The third-order valence-corrected chi connectivity index (χ3v) is 3.61. The number of alkyl halides is 3. The van der Waals surface area contributed by atoms with Crippen LogP contribution < -0.4 is 10.1 Å². The summed E-state index contributed by atoms with van der Waals surface area (Å²) in [4.78, 5) is 16.1. The zero-order chi connectivity index (χ0) is 18.8. The van der Waals surface area contributed by atoms with Crippen molar-refractivity contribution in [3.8, 4) is 5.75 Å². The second kappa shape index (κ2) is 7.45. The van der Waals surface area contributed by atoms with Gasteiger partial charge in [0.2, 0.25) is 0 Å². The lowest BCUT2D eigenvalue weighted by molar-refractivity contribution is -0.137. The Morgan fingerprint density at radius 1 is 1.28 bits per heavy atom. The first kappa shape index (κ1) is 19.3. The molecule has 0 fully saturated rings. The number of hydrogen-bond acceptors (Lipinski definition) is 3. The predicted molar refractivity (Wildman–Crippen MR) is 90.0 cm³/mol. The fourth-order valence-corrected chi connectivity index (χ4v) is 2.47. The van der Waals surface area contributed by atoms with Gasteiger partial charge in [-0.05, 0) is 44.4 Å². The third kappa shape index (κ3) is 5.47. The van der Waals surface area contributed by atoms with E-state index in [2.05, 4.69) is 10.3 Å². The molecule has 138 valence electrons. The molecule has 0 saturated carbocycles. The van der Waals surface area contributed by atoms with Gasteiger partial charge in [0.25, 0.3) is 5.91 Å². The number of nitrogens with one attached hydrogen (secondary N) is 1. The number of ether oxygens (including phenoxy) is 1. The van der Waals surface area contributed by atoms with Crippen LogP contribution in [0.2, 0.25) is 0 Å². The molecule has 1 unspecified atom stereocenters. The van der Waals surface area contributed by atoms with E-state index in [0.717, 1.165) is 6.07 Å². The molecule has 4 nitrogen and oxygen atoms in total. The zero-order valence-corrected chi connectivity index (χ0v) is 14.8. The number of carbonyl (C=O) groups is 1. The van der Waals surface area contributed by atoms with Crippen LogP contribution in [0.5, 0.6) is 5.75 Å². The van der Waals surface area contributed by atoms with E-state index in [0.29, 0.717) is 18.7 Å². The van der Waals surface area contributed by atoms with Crippen LogP contribution >= 0.6 is 0 Å². The molecule has 1 aromatic rings. The van der Waals surface area contributed by atoms with Crippen LogP contribution in [0.15, 0.2) is 23.2 Å². The van der Waals surface area contributed by atoms with Crippen molar-refractivity contribution in [2.24, 2.45) is 10.9 Å². The SMILES string of the molecule is CC(C)CC(Oc1ccc(C2=NC2)c(C(F)(F)F)c1)C(=O)NC(C)C. The maximum absolute atomic E-state index is 13.3. The molecule has 1 aliphatic heterocycles. The molecular formula is C18H23F3N2O2. The predicted octanol–water partition coefficient (Wildman–Crippen LogP) is 3.83. The highest BCUT2D eigenvalue weighted by atomic mass is 19.4. The van der Waals surface area contributed by atoms with Crippen molar-refractivity contribution in [3.63, 3.8) is 0 Å². The minimum absolute atomic E-state index is 0.0295. The van der Waals surface area contributed by atoms with Crippen LogP contribution in [0.4, 0.5) is 13.2 Å². The van der Waals surface area contributed by atoms with Crippen molar-refractivity contribution in [1.29, 1.82) is 0 Å². The molecule has 0 saturated heterocycles. The van der Waals surface area contributed by atoms with Crippen LogP contribution in [-0.2, 0) is 11.0 Å². The van der Waals surface area contributed by atoms with Gasteiger partial charge in [-0.3, -0.25) is 9.79 Å². The van der Waals surface area contributed by atoms with Crippen LogP contribution in [-0.4, -0.2) is 30.3 Å². The first-order chi connectivity index (χ1) is 11.6. The van der Waals surface area contributed by atoms with Gasteiger partial charge in [-0.15, -0.1) is 0 Å². The van der Waals surface area contributed by atoms with Crippen molar-refractivity contribution < 1.29 is 22.7 Å². The largest absolute Gasteiger partial charge is 0.481 e. The van der Waals surface area contributed by atoms with Crippen molar-refractivity contribution >= 4 is 11.6 Å².